The number of hydrogen-bond donors (Lipinski definition) is 0. The van der Waals surface area contributed by atoms with Gasteiger partial charge < -0.3 is 4.90 Å². The van der Waals surface area contributed by atoms with Crippen LogP contribution >= 0.6 is 22.9 Å². The molecule has 1 saturated carbocycles. The Labute approximate surface area is 152 Å². The lowest BCUT2D eigenvalue weighted by Gasteiger charge is -2.31. The number of hydrogen-bond acceptors (Lipinski definition) is 2. The maximum absolute atomic E-state index is 12.9. The lowest BCUT2D eigenvalue weighted by Crippen LogP contribution is -2.39. The number of carbonyl (C=O) groups excluding carboxylic acids is 1. The summed E-state index contributed by atoms with van der Waals surface area (Å²) in [6.45, 7) is 3.05. The number of fused-ring (bicyclic) bond motifs is 1. The number of rotatable bonds is 3. The summed E-state index contributed by atoms with van der Waals surface area (Å²) in [7, 11) is 0. The molecule has 0 radical (unpaired) electrons. The minimum absolute atomic E-state index is 0.124. The van der Waals surface area contributed by atoms with Crippen LogP contribution < -0.4 is 0 Å². The fourth-order valence-electron chi connectivity index (χ4n) is 4.29. The van der Waals surface area contributed by atoms with Crippen molar-refractivity contribution < 1.29 is 4.79 Å². The van der Waals surface area contributed by atoms with Gasteiger partial charge in [-0.25, -0.2) is 0 Å². The molecular formula is C20H24ClNOS. The number of halogens is 1. The molecule has 2 fully saturated rings. The Hall–Kier alpha value is -1.06. The molecule has 2 heterocycles. The molecule has 0 N–H and O–H groups in total. The molecule has 2 aliphatic rings. The summed E-state index contributed by atoms with van der Waals surface area (Å²) in [6.07, 6.45) is 8.07. The molecule has 1 saturated heterocycles. The third-order valence-electron chi connectivity index (χ3n) is 5.65. The van der Waals surface area contributed by atoms with E-state index in [2.05, 4.69) is 30.0 Å². The van der Waals surface area contributed by atoms with E-state index in [0.717, 1.165) is 29.8 Å². The fraction of sp³-hybridized carbons (Fsp3) is 0.550. The highest BCUT2D eigenvalue weighted by molar-refractivity contribution is 7.19. The van der Waals surface area contributed by atoms with E-state index in [0.29, 0.717) is 11.9 Å². The van der Waals surface area contributed by atoms with Crippen LogP contribution in [-0.2, 0) is 11.2 Å². The summed E-state index contributed by atoms with van der Waals surface area (Å²) >= 11 is 8.37. The quantitative estimate of drug-likeness (QED) is 0.698. The Morgan fingerprint density at radius 3 is 2.79 bits per heavy atom. The van der Waals surface area contributed by atoms with Gasteiger partial charge in [-0.3, -0.25) is 4.79 Å². The van der Waals surface area contributed by atoms with E-state index in [1.54, 1.807) is 11.3 Å². The predicted octanol–water partition coefficient (Wildman–Crippen LogP) is 5.59. The monoisotopic (exact) mass is 361 g/mol. The molecule has 128 valence electrons. The first-order valence-corrected chi connectivity index (χ1v) is 10.3. The van der Waals surface area contributed by atoms with E-state index in [9.17, 15) is 4.79 Å². The molecule has 1 unspecified atom stereocenters. The number of carbonyl (C=O) groups is 1. The van der Waals surface area contributed by atoms with Crippen LogP contribution in [0.25, 0.3) is 10.1 Å². The van der Waals surface area contributed by atoms with Crippen molar-refractivity contribution in [1.29, 1.82) is 0 Å². The van der Waals surface area contributed by atoms with Gasteiger partial charge in [-0.05, 0) is 44.2 Å². The van der Waals surface area contributed by atoms with Gasteiger partial charge in [0.15, 0.2) is 0 Å². The Balaban J connectivity index is 1.51. The lowest BCUT2D eigenvalue weighted by molar-refractivity contribution is -0.133. The third-order valence-corrected chi connectivity index (χ3v) is 7.37. The van der Waals surface area contributed by atoms with Crippen molar-refractivity contribution in [2.75, 3.05) is 6.54 Å². The second-order valence-corrected chi connectivity index (χ2v) is 8.87. The summed E-state index contributed by atoms with van der Waals surface area (Å²) in [6, 6.07) is 6.91. The van der Waals surface area contributed by atoms with Gasteiger partial charge >= 0.3 is 0 Å². The number of thiophene rings is 1. The summed E-state index contributed by atoms with van der Waals surface area (Å²) in [5, 5.41) is 2.00. The number of likely N-dealkylation sites (tertiary alicyclic amines) is 1. The van der Waals surface area contributed by atoms with Crippen LogP contribution in [0.2, 0.25) is 5.02 Å². The molecule has 24 heavy (non-hydrogen) atoms. The van der Waals surface area contributed by atoms with Crippen molar-refractivity contribution in [3.05, 3.63) is 33.7 Å². The van der Waals surface area contributed by atoms with Gasteiger partial charge in [-0.1, -0.05) is 43.0 Å². The second kappa shape index (κ2) is 6.68. The van der Waals surface area contributed by atoms with E-state index in [4.69, 9.17) is 11.6 Å². The average molecular weight is 362 g/mol. The molecule has 1 amide bonds. The molecule has 4 rings (SSSR count). The second-order valence-electron chi connectivity index (χ2n) is 7.35. The SMILES string of the molecule is Cc1ccc2c(Cl)c(CC3CCN(C4CCCCC4)C3=O)sc2c1. The van der Waals surface area contributed by atoms with Crippen LogP contribution in [0.4, 0.5) is 0 Å². The summed E-state index contributed by atoms with van der Waals surface area (Å²) in [5.41, 5.74) is 1.26. The highest BCUT2D eigenvalue weighted by Crippen LogP contribution is 2.39. The van der Waals surface area contributed by atoms with Crippen LogP contribution in [-0.4, -0.2) is 23.4 Å². The molecular weight excluding hydrogens is 338 g/mol. The molecule has 2 nitrogen and oxygen atoms in total. The van der Waals surface area contributed by atoms with Gasteiger partial charge in [-0.2, -0.15) is 0 Å². The highest BCUT2D eigenvalue weighted by Gasteiger charge is 2.36. The Morgan fingerprint density at radius 1 is 1.21 bits per heavy atom. The number of nitrogens with zero attached hydrogens (tertiary/aromatic N) is 1. The zero-order chi connectivity index (χ0) is 16.7. The number of amides is 1. The van der Waals surface area contributed by atoms with Crippen molar-refractivity contribution in [2.24, 2.45) is 5.92 Å². The zero-order valence-electron chi connectivity index (χ0n) is 14.2. The molecule has 1 aliphatic carbocycles. The molecule has 1 atom stereocenters. The number of benzene rings is 1. The van der Waals surface area contributed by atoms with Crippen molar-refractivity contribution in [3.8, 4) is 0 Å². The first-order valence-electron chi connectivity index (χ1n) is 9.11. The first-order chi connectivity index (χ1) is 11.6. The summed E-state index contributed by atoms with van der Waals surface area (Å²) < 4.78 is 1.24. The van der Waals surface area contributed by atoms with Gasteiger partial charge in [0, 0.05) is 33.5 Å². The van der Waals surface area contributed by atoms with Gasteiger partial charge in [-0.15, -0.1) is 11.3 Å². The standard InChI is InChI=1S/C20H24ClNOS/c1-13-7-8-16-17(11-13)24-18(19(16)21)12-14-9-10-22(20(14)23)15-5-3-2-4-6-15/h7-8,11,14-15H,2-6,9-10,12H2,1H3. The Bertz CT molecular complexity index is 762. The average Bonchev–Trinajstić information content (AvgIpc) is 3.09. The topological polar surface area (TPSA) is 20.3 Å². The molecule has 2 aromatic rings. The van der Waals surface area contributed by atoms with Crippen LogP contribution in [0.15, 0.2) is 18.2 Å². The van der Waals surface area contributed by atoms with Crippen molar-refractivity contribution in [2.45, 2.75) is 57.9 Å². The van der Waals surface area contributed by atoms with Gasteiger partial charge in [0.05, 0.1) is 5.02 Å². The van der Waals surface area contributed by atoms with Crippen LogP contribution in [0.3, 0.4) is 0 Å². The van der Waals surface area contributed by atoms with Crippen LogP contribution in [0, 0.1) is 12.8 Å². The maximum Gasteiger partial charge on any atom is 0.226 e. The van der Waals surface area contributed by atoms with Gasteiger partial charge in [0.25, 0.3) is 0 Å². The third kappa shape index (κ3) is 2.97. The van der Waals surface area contributed by atoms with Crippen molar-refractivity contribution in [1.82, 2.24) is 4.90 Å². The molecule has 0 spiro atoms. The van der Waals surface area contributed by atoms with Crippen molar-refractivity contribution >= 4 is 38.9 Å². The van der Waals surface area contributed by atoms with E-state index >= 15 is 0 Å². The van der Waals surface area contributed by atoms with Crippen LogP contribution in [0.1, 0.15) is 49.0 Å². The van der Waals surface area contributed by atoms with E-state index in [-0.39, 0.29) is 5.92 Å². The molecule has 0 bridgehead atoms. The largest absolute Gasteiger partial charge is 0.339 e. The minimum atomic E-state index is 0.124. The molecule has 1 aromatic carbocycles. The predicted molar refractivity (Wildman–Crippen MR) is 102 cm³/mol. The lowest BCUT2D eigenvalue weighted by atomic mass is 9.94. The van der Waals surface area contributed by atoms with Crippen LogP contribution in [0.5, 0.6) is 0 Å². The minimum Gasteiger partial charge on any atom is -0.339 e. The molecule has 1 aromatic heterocycles. The smallest absolute Gasteiger partial charge is 0.226 e. The first kappa shape index (κ1) is 16.4. The zero-order valence-corrected chi connectivity index (χ0v) is 15.8. The fourth-order valence-corrected chi connectivity index (χ4v) is 5.97. The summed E-state index contributed by atoms with van der Waals surface area (Å²) in [4.78, 5) is 16.2. The van der Waals surface area contributed by atoms with E-state index in [1.807, 2.05) is 0 Å². The summed E-state index contributed by atoms with van der Waals surface area (Å²) in [5.74, 6) is 0.491. The Kier molecular flexibility index (Phi) is 4.57. The molecule has 4 heteroatoms. The number of aryl methyl sites for hydroxylation is 1. The normalized spacial score (nSPS) is 22.7. The van der Waals surface area contributed by atoms with Gasteiger partial charge in [0.1, 0.15) is 0 Å². The molecule has 1 aliphatic heterocycles. The van der Waals surface area contributed by atoms with Crippen molar-refractivity contribution in [3.63, 3.8) is 0 Å². The Morgan fingerprint density at radius 2 is 2.00 bits per heavy atom. The van der Waals surface area contributed by atoms with E-state index in [1.165, 1.54) is 47.2 Å². The van der Waals surface area contributed by atoms with Gasteiger partial charge in [0.2, 0.25) is 5.91 Å². The maximum atomic E-state index is 12.9. The highest BCUT2D eigenvalue weighted by atomic mass is 35.5. The van der Waals surface area contributed by atoms with E-state index < -0.39 is 0 Å².